The minimum Gasteiger partial charge on any atom is -0.328 e. The first-order valence-corrected chi connectivity index (χ1v) is 10.7. The summed E-state index contributed by atoms with van der Waals surface area (Å²) < 4.78 is 2.36. The van der Waals surface area contributed by atoms with Gasteiger partial charge < -0.3 is 9.47 Å². The van der Waals surface area contributed by atoms with E-state index < -0.39 is 5.91 Å². The summed E-state index contributed by atoms with van der Waals surface area (Å²) in [6.45, 7) is 2.05. The van der Waals surface area contributed by atoms with Gasteiger partial charge >= 0.3 is 0 Å². The van der Waals surface area contributed by atoms with Crippen molar-refractivity contribution in [1.29, 1.82) is 0 Å². The minimum atomic E-state index is -0.544. The van der Waals surface area contributed by atoms with Crippen molar-refractivity contribution in [3.05, 3.63) is 59.5 Å². The number of hydrogen-bond acceptors (Lipinski definition) is 4. The lowest BCUT2D eigenvalue weighted by molar-refractivity contribution is -0.124. The second-order valence-electron chi connectivity index (χ2n) is 8.04. The molecule has 1 aliphatic carbocycles. The number of carbonyl (C=O) groups is 1. The van der Waals surface area contributed by atoms with Gasteiger partial charge in [0.1, 0.15) is 5.82 Å². The van der Waals surface area contributed by atoms with Crippen LogP contribution in [0, 0.1) is 0 Å². The molecule has 160 valence electrons. The highest BCUT2D eigenvalue weighted by Gasteiger charge is 2.12. The maximum Gasteiger partial charge on any atom is 0.267 e. The van der Waals surface area contributed by atoms with Gasteiger partial charge in [-0.2, -0.15) is 0 Å². The molecule has 0 bridgehead atoms. The van der Waals surface area contributed by atoms with Crippen molar-refractivity contribution in [1.82, 2.24) is 19.9 Å². The fourth-order valence-electron chi connectivity index (χ4n) is 3.78. The Kier molecular flexibility index (Phi) is 7.99. The fourth-order valence-corrected chi connectivity index (χ4v) is 3.78. The number of nitrogens with zero attached hydrogens (tertiary/aromatic N) is 3. The number of aryl methyl sites for hydroxylation is 2. The Morgan fingerprint density at radius 2 is 2.17 bits per heavy atom. The van der Waals surface area contributed by atoms with Crippen LogP contribution in [0.3, 0.4) is 0 Å². The number of rotatable bonds is 10. The summed E-state index contributed by atoms with van der Waals surface area (Å²) in [6, 6.07) is 6.07. The van der Waals surface area contributed by atoms with Crippen LogP contribution in [-0.2, 0) is 17.8 Å². The van der Waals surface area contributed by atoms with Crippen LogP contribution in [0.25, 0.3) is 17.1 Å². The number of carbonyl (C=O) groups excluding carboxylic acids is 1. The zero-order valence-electron chi connectivity index (χ0n) is 18.0. The van der Waals surface area contributed by atoms with Crippen molar-refractivity contribution in [3.8, 4) is 0 Å². The van der Waals surface area contributed by atoms with Crippen molar-refractivity contribution in [2.45, 2.75) is 45.1 Å². The Morgan fingerprint density at radius 3 is 2.90 bits per heavy atom. The molecular formula is C24H32N4O2. The van der Waals surface area contributed by atoms with E-state index in [-0.39, 0.29) is 0 Å². The Labute approximate surface area is 178 Å². The lowest BCUT2D eigenvalue weighted by atomic mass is 10.0. The van der Waals surface area contributed by atoms with Gasteiger partial charge in [0, 0.05) is 19.0 Å². The van der Waals surface area contributed by atoms with E-state index in [1.54, 1.807) is 11.6 Å². The predicted octanol–water partition coefficient (Wildman–Crippen LogP) is 4.11. The fraction of sp³-hybridized carbons (Fsp3) is 0.417. The molecule has 1 heterocycles. The molecular weight excluding hydrogens is 376 g/mol. The molecule has 30 heavy (non-hydrogen) atoms. The number of allylic oxidation sites excluding steroid dienone is 4. The highest BCUT2D eigenvalue weighted by molar-refractivity contribution is 5.91. The molecule has 1 aromatic carbocycles. The van der Waals surface area contributed by atoms with Gasteiger partial charge in [0.05, 0.1) is 11.0 Å². The zero-order chi connectivity index (χ0) is 21.3. The van der Waals surface area contributed by atoms with E-state index in [9.17, 15) is 4.79 Å². The van der Waals surface area contributed by atoms with Crippen LogP contribution in [0.1, 0.15) is 43.5 Å². The van der Waals surface area contributed by atoms with Crippen LogP contribution in [0.4, 0.5) is 0 Å². The van der Waals surface area contributed by atoms with E-state index >= 15 is 0 Å². The molecule has 2 aromatic rings. The van der Waals surface area contributed by atoms with Crippen molar-refractivity contribution in [2.24, 2.45) is 0 Å². The first kappa shape index (κ1) is 22.0. The molecule has 6 nitrogen and oxygen atoms in total. The molecule has 0 saturated heterocycles. The molecule has 0 aliphatic heterocycles. The lowest BCUT2D eigenvalue weighted by Gasteiger charge is -2.13. The molecule has 0 unspecified atom stereocenters. The van der Waals surface area contributed by atoms with Gasteiger partial charge in [0.25, 0.3) is 5.91 Å². The SMILES string of the molecule is CN(C)CCCCn1c(CCC2=CC=CCC2)nc2cc(/C=C/C(=O)NO)ccc21. The summed E-state index contributed by atoms with van der Waals surface area (Å²) in [5, 5.41) is 8.65. The van der Waals surface area contributed by atoms with E-state index in [0.29, 0.717) is 0 Å². The first-order chi connectivity index (χ1) is 14.6. The Hall–Kier alpha value is -2.70. The standard InChI is InChI=1S/C24H32N4O2/c1-27(2)16-6-7-17-28-22-13-10-20(12-15-24(29)26-30)18-21(22)25-23(28)14-11-19-8-4-3-5-9-19/h3-4,8,10,12-13,15,18,30H,5-7,9,11,14,16-17H2,1-2H3,(H,26,29)/b15-12+. The maximum atomic E-state index is 11.3. The topological polar surface area (TPSA) is 70.4 Å². The summed E-state index contributed by atoms with van der Waals surface area (Å²) in [7, 11) is 4.22. The Balaban J connectivity index is 1.81. The molecule has 2 N–H and O–H groups in total. The third-order valence-corrected chi connectivity index (χ3v) is 5.40. The van der Waals surface area contributed by atoms with Gasteiger partial charge in [-0.25, -0.2) is 10.5 Å². The largest absolute Gasteiger partial charge is 0.328 e. The highest BCUT2D eigenvalue weighted by Crippen LogP contribution is 2.23. The molecule has 0 fully saturated rings. The molecule has 1 aromatic heterocycles. The van der Waals surface area contributed by atoms with Crippen LogP contribution in [0.15, 0.2) is 48.1 Å². The van der Waals surface area contributed by atoms with Crippen LogP contribution in [0.5, 0.6) is 0 Å². The number of hydrogen-bond donors (Lipinski definition) is 2. The molecule has 0 atom stereocenters. The summed E-state index contributed by atoms with van der Waals surface area (Å²) in [5.41, 5.74) is 6.06. The lowest BCUT2D eigenvalue weighted by Crippen LogP contribution is -2.14. The Morgan fingerprint density at radius 1 is 1.30 bits per heavy atom. The number of unbranched alkanes of at least 4 members (excludes halogenated alkanes) is 1. The average molecular weight is 409 g/mol. The van der Waals surface area contributed by atoms with Gasteiger partial charge in [-0.3, -0.25) is 10.0 Å². The van der Waals surface area contributed by atoms with Crippen LogP contribution >= 0.6 is 0 Å². The quantitative estimate of drug-likeness (QED) is 0.269. The van der Waals surface area contributed by atoms with Crippen molar-refractivity contribution in [2.75, 3.05) is 20.6 Å². The van der Waals surface area contributed by atoms with Crippen molar-refractivity contribution >= 4 is 23.0 Å². The zero-order valence-corrected chi connectivity index (χ0v) is 18.0. The molecule has 0 spiro atoms. The predicted molar refractivity (Wildman–Crippen MR) is 121 cm³/mol. The minimum absolute atomic E-state index is 0.544. The first-order valence-electron chi connectivity index (χ1n) is 10.7. The third-order valence-electron chi connectivity index (χ3n) is 5.40. The summed E-state index contributed by atoms with van der Waals surface area (Å²) in [5.74, 6) is 0.580. The smallest absolute Gasteiger partial charge is 0.267 e. The number of benzene rings is 1. The third kappa shape index (κ3) is 6.15. The van der Waals surface area contributed by atoms with Crippen molar-refractivity contribution in [3.63, 3.8) is 0 Å². The van der Waals surface area contributed by atoms with Crippen LogP contribution in [0.2, 0.25) is 0 Å². The van der Waals surface area contributed by atoms with Gasteiger partial charge in [-0.05, 0) is 76.5 Å². The Bertz CT molecular complexity index is 954. The second-order valence-corrected chi connectivity index (χ2v) is 8.04. The summed E-state index contributed by atoms with van der Waals surface area (Å²) in [6.07, 6.45) is 16.1. The van der Waals surface area contributed by atoms with E-state index in [0.717, 1.165) is 74.0 Å². The number of aromatic nitrogens is 2. The van der Waals surface area contributed by atoms with E-state index in [1.165, 1.54) is 11.6 Å². The molecule has 0 saturated carbocycles. The van der Waals surface area contributed by atoms with Crippen LogP contribution in [-0.4, -0.2) is 46.2 Å². The van der Waals surface area contributed by atoms with Gasteiger partial charge in [-0.15, -0.1) is 0 Å². The van der Waals surface area contributed by atoms with E-state index in [2.05, 4.69) is 47.9 Å². The van der Waals surface area contributed by atoms with Gasteiger partial charge in [0.2, 0.25) is 0 Å². The number of hydroxylamine groups is 1. The van der Waals surface area contributed by atoms with Gasteiger partial charge in [0.15, 0.2) is 0 Å². The summed E-state index contributed by atoms with van der Waals surface area (Å²) in [4.78, 5) is 18.4. The maximum absolute atomic E-state index is 11.3. The summed E-state index contributed by atoms with van der Waals surface area (Å²) >= 11 is 0. The van der Waals surface area contributed by atoms with Gasteiger partial charge in [-0.1, -0.05) is 29.9 Å². The molecule has 6 heteroatoms. The molecule has 1 aliphatic rings. The van der Waals surface area contributed by atoms with E-state index in [4.69, 9.17) is 10.2 Å². The number of nitrogens with one attached hydrogen (secondary N) is 1. The highest BCUT2D eigenvalue weighted by atomic mass is 16.5. The van der Waals surface area contributed by atoms with Crippen molar-refractivity contribution < 1.29 is 10.0 Å². The second kappa shape index (κ2) is 10.9. The monoisotopic (exact) mass is 408 g/mol. The number of imidazole rings is 1. The average Bonchev–Trinajstić information content (AvgIpc) is 3.10. The molecule has 0 radical (unpaired) electrons. The molecule has 3 rings (SSSR count). The number of fused-ring (bicyclic) bond motifs is 1. The van der Waals surface area contributed by atoms with E-state index in [1.807, 2.05) is 12.1 Å². The molecule has 1 amide bonds. The normalized spacial score (nSPS) is 14.1. The number of amides is 1. The van der Waals surface area contributed by atoms with Crippen LogP contribution < -0.4 is 5.48 Å².